The maximum absolute atomic E-state index is 12.9. The predicted molar refractivity (Wildman–Crippen MR) is 130 cm³/mol. The van der Waals surface area contributed by atoms with Gasteiger partial charge in [0.1, 0.15) is 5.60 Å². The Hall–Kier alpha value is -4.14. The first-order chi connectivity index (χ1) is 17.1. The highest BCUT2D eigenvalue weighted by Gasteiger charge is 2.39. The number of carbonyl (C=O) groups is 4. The fraction of sp³-hybridized carbons (Fsp3) is 0.333. The molecule has 0 aliphatic carbocycles. The number of rotatable bonds is 3. The van der Waals surface area contributed by atoms with Crippen LogP contribution in [0.5, 0.6) is 0 Å². The molecule has 0 unspecified atom stereocenters. The molecule has 1 aromatic heterocycles. The molecule has 5 rings (SSSR count). The van der Waals surface area contributed by atoms with Crippen molar-refractivity contribution in [2.75, 3.05) is 13.1 Å². The zero-order valence-corrected chi connectivity index (χ0v) is 20.4. The number of benzene rings is 2. The second-order valence-electron chi connectivity index (χ2n) is 10.1. The van der Waals surface area contributed by atoms with Crippen LogP contribution in [0.3, 0.4) is 0 Å². The number of amides is 3. The minimum Gasteiger partial charge on any atom is -0.444 e. The van der Waals surface area contributed by atoms with Gasteiger partial charge in [-0.3, -0.25) is 9.59 Å². The van der Waals surface area contributed by atoms with E-state index >= 15 is 0 Å². The summed E-state index contributed by atoms with van der Waals surface area (Å²) in [5.74, 6) is -1.92. The SMILES string of the molecule is CC(C)(C)OC(=O)N1CCC(c2c[nH]c3ccc(C(=O)ON4C(=O)c5ccccc5C4=O)cc23)CC1. The molecule has 2 aromatic carbocycles. The number of likely N-dealkylation sites (tertiary alicyclic amines) is 1. The molecule has 1 fully saturated rings. The standard InChI is InChI=1S/C27H27N3O6/c1-27(2,3)35-26(34)29-12-10-16(11-13-29)21-15-28-22-9-8-17(14-20(21)22)25(33)36-30-23(31)18-6-4-5-7-19(18)24(30)32/h4-9,14-16,28H,10-13H2,1-3H3. The molecule has 0 bridgehead atoms. The number of aromatic amines is 1. The van der Waals surface area contributed by atoms with Gasteiger partial charge in [-0.25, -0.2) is 9.59 Å². The summed E-state index contributed by atoms with van der Waals surface area (Å²) in [5.41, 5.74) is 2.00. The lowest BCUT2D eigenvalue weighted by Gasteiger charge is -2.33. The molecule has 9 nitrogen and oxygen atoms in total. The number of nitrogens with zero attached hydrogens (tertiary/aromatic N) is 2. The van der Waals surface area contributed by atoms with Crippen LogP contribution in [0.25, 0.3) is 10.9 Å². The fourth-order valence-electron chi connectivity index (χ4n) is 4.69. The number of carbonyl (C=O) groups excluding carboxylic acids is 4. The van der Waals surface area contributed by atoms with Crippen LogP contribution in [-0.4, -0.2) is 57.5 Å². The van der Waals surface area contributed by atoms with Crippen molar-refractivity contribution in [2.24, 2.45) is 0 Å². The third kappa shape index (κ3) is 4.32. The fourth-order valence-corrected chi connectivity index (χ4v) is 4.69. The van der Waals surface area contributed by atoms with E-state index in [0.717, 1.165) is 29.3 Å². The molecule has 0 atom stereocenters. The summed E-state index contributed by atoms with van der Waals surface area (Å²) < 4.78 is 5.48. The van der Waals surface area contributed by atoms with Gasteiger partial charge in [0.25, 0.3) is 11.8 Å². The molecule has 9 heteroatoms. The van der Waals surface area contributed by atoms with Gasteiger partial charge in [-0.1, -0.05) is 17.2 Å². The Morgan fingerprint density at radius 3 is 2.22 bits per heavy atom. The van der Waals surface area contributed by atoms with Gasteiger partial charge in [0.15, 0.2) is 0 Å². The van der Waals surface area contributed by atoms with Gasteiger partial charge in [-0.05, 0) is 75.4 Å². The normalized spacial score (nSPS) is 16.4. The summed E-state index contributed by atoms with van der Waals surface area (Å²) in [6, 6.07) is 11.4. The molecule has 0 saturated carbocycles. The molecule has 0 spiro atoms. The van der Waals surface area contributed by atoms with Gasteiger partial charge >= 0.3 is 12.1 Å². The van der Waals surface area contributed by atoms with Crippen LogP contribution in [0.4, 0.5) is 4.79 Å². The third-order valence-electron chi connectivity index (χ3n) is 6.47. The zero-order chi connectivity index (χ0) is 25.6. The number of hydroxylamine groups is 2. The lowest BCUT2D eigenvalue weighted by molar-refractivity contribution is -0.0584. The van der Waals surface area contributed by atoms with Crippen molar-refractivity contribution in [3.63, 3.8) is 0 Å². The molecule has 1 N–H and O–H groups in total. The lowest BCUT2D eigenvalue weighted by Crippen LogP contribution is -2.41. The maximum Gasteiger partial charge on any atom is 0.410 e. The Morgan fingerprint density at radius 1 is 0.972 bits per heavy atom. The van der Waals surface area contributed by atoms with Crippen LogP contribution < -0.4 is 0 Å². The Balaban J connectivity index is 1.30. The van der Waals surface area contributed by atoms with E-state index in [9.17, 15) is 19.2 Å². The zero-order valence-electron chi connectivity index (χ0n) is 20.4. The number of fused-ring (bicyclic) bond motifs is 2. The summed E-state index contributed by atoms with van der Waals surface area (Å²) in [4.78, 5) is 60.6. The Labute approximate surface area is 207 Å². The van der Waals surface area contributed by atoms with Crippen LogP contribution in [-0.2, 0) is 9.57 Å². The number of imide groups is 1. The minimum absolute atomic E-state index is 0.194. The second kappa shape index (κ2) is 8.82. The number of aromatic nitrogens is 1. The minimum atomic E-state index is -0.793. The van der Waals surface area contributed by atoms with Gasteiger partial charge in [0.2, 0.25) is 0 Å². The van der Waals surface area contributed by atoms with E-state index in [4.69, 9.17) is 9.57 Å². The second-order valence-corrected chi connectivity index (χ2v) is 10.1. The average Bonchev–Trinajstić information content (AvgIpc) is 3.38. The van der Waals surface area contributed by atoms with E-state index in [0.29, 0.717) is 18.2 Å². The summed E-state index contributed by atoms with van der Waals surface area (Å²) in [5, 5.41) is 1.38. The first kappa shape index (κ1) is 23.6. The molecule has 186 valence electrons. The first-order valence-corrected chi connectivity index (χ1v) is 11.9. The quantitative estimate of drug-likeness (QED) is 0.537. The van der Waals surface area contributed by atoms with E-state index in [1.807, 2.05) is 27.0 Å². The molecule has 2 aliphatic rings. The molecular formula is C27H27N3O6. The number of nitrogens with one attached hydrogen (secondary N) is 1. The highest BCUT2D eigenvalue weighted by atomic mass is 16.7. The molecule has 0 radical (unpaired) electrons. The van der Waals surface area contributed by atoms with Crippen molar-refractivity contribution in [2.45, 2.75) is 45.1 Å². The Morgan fingerprint density at radius 2 is 1.61 bits per heavy atom. The van der Waals surface area contributed by atoms with E-state index in [-0.39, 0.29) is 28.7 Å². The Kier molecular flexibility index (Phi) is 5.78. The van der Waals surface area contributed by atoms with Crippen molar-refractivity contribution < 1.29 is 28.8 Å². The highest BCUT2D eigenvalue weighted by Crippen LogP contribution is 2.34. The predicted octanol–water partition coefficient (Wildman–Crippen LogP) is 4.65. The number of H-pyrrole nitrogens is 1. The maximum atomic E-state index is 12.9. The molecule has 3 heterocycles. The molecule has 3 amide bonds. The van der Waals surface area contributed by atoms with Crippen LogP contribution in [0.15, 0.2) is 48.7 Å². The van der Waals surface area contributed by atoms with Crippen molar-refractivity contribution in [1.29, 1.82) is 0 Å². The average molecular weight is 490 g/mol. The molecule has 36 heavy (non-hydrogen) atoms. The molecule has 1 saturated heterocycles. The number of hydrogen-bond acceptors (Lipinski definition) is 6. The Bertz CT molecular complexity index is 1340. The van der Waals surface area contributed by atoms with Gasteiger partial charge < -0.3 is 19.5 Å². The number of piperidine rings is 1. The van der Waals surface area contributed by atoms with Gasteiger partial charge in [-0.2, -0.15) is 0 Å². The third-order valence-corrected chi connectivity index (χ3v) is 6.47. The summed E-state index contributed by atoms with van der Waals surface area (Å²) in [6.07, 6.45) is 3.14. The van der Waals surface area contributed by atoms with Crippen molar-refractivity contribution in [1.82, 2.24) is 14.9 Å². The summed E-state index contributed by atoms with van der Waals surface area (Å²) in [7, 11) is 0. The van der Waals surface area contributed by atoms with Gasteiger partial charge in [-0.15, -0.1) is 0 Å². The monoisotopic (exact) mass is 489 g/mol. The highest BCUT2D eigenvalue weighted by molar-refractivity contribution is 6.21. The molecule has 2 aliphatic heterocycles. The number of hydrogen-bond donors (Lipinski definition) is 1. The first-order valence-electron chi connectivity index (χ1n) is 11.9. The molecule has 3 aromatic rings. The van der Waals surface area contributed by atoms with Crippen molar-refractivity contribution in [3.8, 4) is 0 Å². The number of ether oxygens (including phenoxy) is 1. The summed E-state index contributed by atoms with van der Waals surface area (Å²) >= 11 is 0. The lowest BCUT2D eigenvalue weighted by atomic mass is 9.89. The van der Waals surface area contributed by atoms with Gasteiger partial charge in [0.05, 0.1) is 16.7 Å². The van der Waals surface area contributed by atoms with Crippen LogP contribution >= 0.6 is 0 Å². The molecular weight excluding hydrogens is 462 g/mol. The van der Waals surface area contributed by atoms with Crippen LogP contribution in [0.2, 0.25) is 0 Å². The van der Waals surface area contributed by atoms with Crippen molar-refractivity contribution in [3.05, 3.63) is 70.9 Å². The topological polar surface area (TPSA) is 109 Å². The van der Waals surface area contributed by atoms with E-state index < -0.39 is 23.4 Å². The smallest absolute Gasteiger partial charge is 0.410 e. The van der Waals surface area contributed by atoms with E-state index in [2.05, 4.69) is 4.98 Å². The summed E-state index contributed by atoms with van der Waals surface area (Å²) in [6.45, 7) is 6.70. The van der Waals surface area contributed by atoms with Gasteiger partial charge in [0, 0.05) is 30.2 Å². The van der Waals surface area contributed by atoms with E-state index in [1.165, 1.54) is 12.1 Å². The van der Waals surface area contributed by atoms with Crippen LogP contribution in [0.1, 0.15) is 76.2 Å². The van der Waals surface area contributed by atoms with E-state index in [1.54, 1.807) is 35.2 Å². The van der Waals surface area contributed by atoms with Crippen LogP contribution in [0, 0.1) is 0 Å². The largest absolute Gasteiger partial charge is 0.444 e. The van der Waals surface area contributed by atoms with Crippen molar-refractivity contribution >= 4 is 34.8 Å².